The first kappa shape index (κ1) is 11.3. The van der Waals surface area contributed by atoms with E-state index < -0.39 is 0 Å². The SMILES string of the molecule is C=CC(=C)N1CCCC1=O.c1ccoc1. The summed E-state index contributed by atoms with van der Waals surface area (Å²) in [5.41, 5.74) is 0.725. The van der Waals surface area contributed by atoms with Crippen LogP contribution in [0.15, 0.2) is 54.0 Å². The van der Waals surface area contributed by atoms with Crippen LogP contribution < -0.4 is 0 Å². The van der Waals surface area contributed by atoms with E-state index in [1.165, 1.54) is 0 Å². The number of hydrogen-bond acceptors (Lipinski definition) is 2. The number of rotatable bonds is 2. The van der Waals surface area contributed by atoms with E-state index in [1.807, 2.05) is 12.1 Å². The van der Waals surface area contributed by atoms with E-state index in [9.17, 15) is 4.79 Å². The maximum atomic E-state index is 11.0. The van der Waals surface area contributed by atoms with Crippen LogP contribution in [0, 0.1) is 0 Å². The molecule has 0 aromatic carbocycles. The standard InChI is InChI=1S/C8H11NO.C4H4O/c1-3-7(2)9-6-4-5-8(9)10;1-2-4-5-3-1/h3H,1-2,4-6H2;1-4H. The summed E-state index contributed by atoms with van der Waals surface area (Å²) in [6.45, 7) is 8.05. The highest BCUT2D eigenvalue weighted by Crippen LogP contribution is 2.14. The fourth-order valence-electron chi connectivity index (χ4n) is 1.29. The van der Waals surface area contributed by atoms with Crippen molar-refractivity contribution < 1.29 is 9.21 Å². The molecule has 0 unspecified atom stereocenters. The Kier molecular flexibility index (Phi) is 4.41. The van der Waals surface area contributed by atoms with Gasteiger partial charge in [-0.1, -0.05) is 13.2 Å². The Morgan fingerprint density at radius 3 is 2.47 bits per heavy atom. The van der Waals surface area contributed by atoms with E-state index in [0.717, 1.165) is 18.7 Å². The summed E-state index contributed by atoms with van der Waals surface area (Å²) in [5.74, 6) is 0.171. The van der Waals surface area contributed by atoms with Crippen molar-refractivity contribution in [2.45, 2.75) is 12.8 Å². The van der Waals surface area contributed by atoms with Crippen molar-refractivity contribution in [3.63, 3.8) is 0 Å². The second-order valence-electron chi connectivity index (χ2n) is 3.14. The Morgan fingerprint density at radius 2 is 2.13 bits per heavy atom. The fourth-order valence-corrected chi connectivity index (χ4v) is 1.29. The largest absolute Gasteiger partial charge is 0.473 e. The van der Waals surface area contributed by atoms with Crippen LogP contribution >= 0.6 is 0 Å². The van der Waals surface area contributed by atoms with Gasteiger partial charge in [0.15, 0.2) is 0 Å². The van der Waals surface area contributed by atoms with E-state index in [2.05, 4.69) is 17.6 Å². The van der Waals surface area contributed by atoms with Gasteiger partial charge >= 0.3 is 0 Å². The van der Waals surface area contributed by atoms with Gasteiger partial charge in [0.05, 0.1) is 12.5 Å². The number of hydrogen-bond donors (Lipinski definition) is 0. The first-order chi connectivity index (χ1) is 7.25. The fraction of sp³-hybridized carbons (Fsp3) is 0.250. The molecule has 0 N–H and O–H groups in total. The third-order valence-corrected chi connectivity index (χ3v) is 2.08. The van der Waals surface area contributed by atoms with E-state index in [4.69, 9.17) is 0 Å². The topological polar surface area (TPSA) is 33.5 Å². The van der Waals surface area contributed by atoms with Crippen LogP contribution in [0.3, 0.4) is 0 Å². The number of amides is 1. The average Bonchev–Trinajstić information content (AvgIpc) is 2.89. The Morgan fingerprint density at radius 1 is 1.47 bits per heavy atom. The Labute approximate surface area is 89.7 Å². The molecule has 0 radical (unpaired) electrons. The molecule has 0 bridgehead atoms. The van der Waals surface area contributed by atoms with Crippen LogP contribution in [-0.2, 0) is 4.79 Å². The minimum Gasteiger partial charge on any atom is -0.473 e. The van der Waals surface area contributed by atoms with Gasteiger partial charge in [-0.05, 0) is 24.6 Å². The number of carbonyl (C=O) groups excluding carboxylic acids is 1. The normalized spacial score (nSPS) is 14.4. The minimum absolute atomic E-state index is 0.171. The van der Waals surface area contributed by atoms with Gasteiger partial charge < -0.3 is 9.32 Å². The first-order valence-electron chi connectivity index (χ1n) is 4.84. The Balaban J connectivity index is 0.000000187. The van der Waals surface area contributed by atoms with Gasteiger partial charge in [0.25, 0.3) is 0 Å². The molecular weight excluding hydrogens is 190 g/mol. The molecule has 3 heteroatoms. The number of carbonyl (C=O) groups is 1. The zero-order chi connectivity index (χ0) is 11.1. The van der Waals surface area contributed by atoms with Crippen LogP contribution in [0.2, 0.25) is 0 Å². The molecule has 1 fully saturated rings. The molecule has 0 atom stereocenters. The first-order valence-corrected chi connectivity index (χ1v) is 4.84. The van der Waals surface area contributed by atoms with Crippen molar-refractivity contribution in [2.75, 3.05) is 6.54 Å². The maximum Gasteiger partial charge on any atom is 0.227 e. The van der Waals surface area contributed by atoms with Crippen LogP contribution in [-0.4, -0.2) is 17.4 Å². The van der Waals surface area contributed by atoms with Gasteiger partial charge in [0, 0.05) is 18.7 Å². The van der Waals surface area contributed by atoms with Crippen LogP contribution in [0.4, 0.5) is 0 Å². The summed E-state index contributed by atoms with van der Waals surface area (Å²) >= 11 is 0. The summed E-state index contributed by atoms with van der Waals surface area (Å²) in [6.07, 6.45) is 6.47. The van der Waals surface area contributed by atoms with Crippen molar-refractivity contribution >= 4 is 5.91 Å². The lowest BCUT2D eigenvalue weighted by Gasteiger charge is -2.14. The van der Waals surface area contributed by atoms with Crippen LogP contribution in [0.25, 0.3) is 0 Å². The van der Waals surface area contributed by atoms with Gasteiger partial charge in [-0.25, -0.2) is 0 Å². The molecule has 0 saturated carbocycles. The molecule has 0 aliphatic carbocycles. The molecule has 80 valence electrons. The maximum absolute atomic E-state index is 11.0. The molecule has 1 aromatic heterocycles. The van der Waals surface area contributed by atoms with E-state index in [0.29, 0.717) is 6.42 Å². The van der Waals surface area contributed by atoms with Crippen molar-refractivity contribution in [2.24, 2.45) is 0 Å². The van der Waals surface area contributed by atoms with Crippen molar-refractivity contribution in [1.29, 1.82) is 0 Å². The van der Waals surface area contributed by atoms with Gasteiger partial charge in [0.1, 0.15) is 0 Å². The van der Waals surface area contributed by atoms with Gasteiger partial charge in [0.2, 0.25) is 5.91 Å². The number of furan rings is 1. The summed E-state index contributed by atoms with van der Waals surface area (Å²) in [4.78, 5) is 12.7. The van der Waals surface area contributed by atoms with E-state index in [-0.39, 0.29) is 5.91 Å². The highest BCUT2D eigenvalue weighted by Gasteiger charge is 2.20. The minimum atomic E-state index is 0.171. The Hall–Kier alpha value is -1.77. The quantitative estimate of drug-likeness (QED) is 0.695. The van der Waals surface area contributed by atoms with Crippen molar-refractivity contribution in [3.05, 3.63) is 49.6 Å². The third-order valence-electron chi connectivity index (χ3n) is 2.08. The zero-order valence-corrected chi connectivity index (χ0v) is 8.69. The van der Waals surface area contributed by atoms with Crippen molar-refractivity contribution in [3.8, 4) is 0 Å². The molecule has 1 aliphatic rings. The predicted molar refractivity (Wildman–Crippen MR) is 59.0 cm³/mol. The molecule has 15 heavy (non-hydrogen) atoms. The lowest BCUT2D eigenvalue weighted by atomic mass is 10.4. The van der Waals surface area contributed by atoms with Crippen LogP contribution in [0.1, 0.15) is 12.8 Å². The summed E-state index contributed by atoms with van der Waals surface area (Å²) in [5, 5.41) is 0. The summed E-state index contributed by atoms with van der Waals surface area (Å²) < 4.78 is 4.58. The summed E-state index contributed by atoms with van der Waals surface area (Å²) in [7, 11) is 0. The zero-order valence-electron chi connectivity index (χ0n) is 8.69. The molecule has 1 aliphatic heterocycles. The second kappa shape index (κ2) is 5.86. The smallest absolute Gasteiger partial charge is 0.227 e. The number of nitrogens with zero attached hydrogens (tertiary/aromatic N) is 1. The molecule has 3 nitrogen and oxygen atoms in total. The van der Waals surface area contributed by atoms with Gasteiger partial charge in [-0.2, -0.15) is 0 Å². The average molecular weight is 205 g/mol. The van der Waals surface area contributed by atoms with Crippen molar-refractivity contribution in [1.82, 2.24) is 4.90 Å². The van der Waals surface area contributed by atoms with E-state index >= 15 is 0 Å². The molecule has 2 rings (SSSR count). The molecule has 2 heterocycles. The van der Waals surface area contributed by atoms with Gasteiger partial charge in [-0.3, -0.25) is 4.79 Å². The number of likely N-dealkylation sites (tertiary alicyclic amines) is 1. The highest BCUT2D eigenvalue weighted by molar-refractivity contribution is 5.80. The summed E-state index contributed by atoms with van der Waals surface area (Å²) in [6, 6.07) is 3.67. The molecule has 1 aromatic rings. The highest BCUT2D eigenvalue weighted by atomic mass is 16.3. The predicted octanol–water partition coefficient (Wildman–Crippen LogP) is 2.59. The molecular formula is C12H15NO2. The Bertz CT molecular complexity index is 310. The monoisotopic (exact) mass is 205 g/mol. The third kappa shape index (κ3) is 3.46. The molecule has 0 spiro atoms. The van der Waals surface area contributed by atoms with Crippen LogP contribution in [0.5, 0.6) is 0 Å². The lowest BCUT2D eigenvalue weighted by Crippen LogP contribution is -2.21. The van der Waals surface area contributed by atoms with E-state index in [1.54, 1.807) is 23.5 Å². The lowest BCUT2D eigenvalue weighted by molar-refractivity contribution is -0.125. The second-order valence-corrected chi connectivity index (χ2v) is 3.14. The number of allylic oxidation sites excluding steroid dienone is 1. The molecule has 1 amide bonds. The van der Waals surface area contributed by atoms with Gasteiger partial charge in [-0.15, -0.1) is 0 Å². The molecule has 1 saturated heterocycles.